The van der Waals surface area contributed by atoms with E-state index in [0.29, 0.717) is 0 Å². The second-order valence-electron chi connectivity index (χ2n) is 5.21. The third kappa shape index (κ3) is 3.46. The number of hydrogen-bond acceptors (Lipinski definition) is 8. The van der Waals surface area contributed by atoms with E-state index >= 15 is 0 Å². The first-order chi connectivity index (χ1) is 17.7. The molecule has 0 spiro atoms. The van der Waals surface area contributed by atoms with Crippen LogP contribution in [0.5, 0.6) is 17.2 Å². The van der Waals surface area contributed by atoms with Crippen molar-refractivity contribution in [3.05, 3.63) is 35.3 Å². The van der Waals surface area contributed by atoms with Gasteiger partial charge in [0, 0.05) is 29.7 Å². The Kier molecular flexibility index (Phi) is 2.35. The van der Waals surface area contributed by atoms with E-state index in [2.05, 4.69) is 15.3 Å². The van der Waals surface area contributed by atoms with E-state index in [1.807, 2.05) is 0 Å². The second kappa shape index (κ2) is 7.45. The Hall–Kier alpha value is -3.42. The Bertz CT molecular complexity index is 1420. The predicted molar refractivity (Wildman–Crippen MR) is 107 cm³/mol. The van der Waals surface area contributed by atoms with E-state index < -0.39 is 73.2 Å². The van der Waals surface area contributed by atoms with Gasteiger partial charge in [-0.2, -0.15) is 4.98 Å². The highest BCUT2D eigenvalue weighted by Gasteiger charge is 2.14. The number of ether oxygens (including phenoxy) is 3. The van der Waals surface area contributed by atoms with E-state index in [1.54, 1.807) is 0 Å². The number of hydrogen-bond donors (Lipinski definition) is 3. The summed E-state index contributed by atoms with van der Waals surface area (Å²) in [5, 5.41) is 2.28. The summed E-state index contributed by atoms with van der Waals surface area (Å²) >= 11 is 0. The zero-order valence-corrected chi connectivity index (χ0v) is 14.3. The summed E-state index contributed by atoms with van der Waals surface area (Å²) in [4.78, 5) is 7.75. The molecule has 0 atom stereocenters. The Morgan fingerprint density at radius 1 is 1.15 bits per heavy atom. The molecule has 1 aromatic heterocycles. The lowest BCUT2D eigenvalue weighted by Crippen LogP contribution is -2.06. The van der Waals surface area contributed by atoms with Crippen molar-refractivity contribution in [1.82, 2.24) is 9.97 Å². The number of methoxy groups -OCH3 is 3. The minimum absolute atomic E-state index is 0.0329. The zero-order valence-electron chi connectivity index (χ0n) is 26.3. The molecule has 5 N–H and O–H groups in total. The third-order valence-electron chi connectivity index (χ3n) is 3.62. The summed E-state index contributed by atoms with van der Waals surface area (Å²) in [5.74, 6) is -2.86. The van der Waals surface area contributed by atoms with Gasteiger partial charge in [0.25, 0.3) is 0 Å². The summed E-state index contributed by atoms with van der Waals surface area (Å²) < 4.78 is 110. The van der Waals surface area contributed by atoms with Crippen LogP contribution in [0.25, 0.3) is 10.9 Å². The van der Waals surface area contributed by atoms with Gasteiger partial charge in [-0.15, -0.1) is 0 Å². The number of nitrogens with one attached hydrogen (secondary N) is 1. The van der Waals surface area contributed by atoms with Crippen LogP contribution in [-0.2, 0) is 6.50 Å². The van der Waals surface area contributed by atoms with E-state index in [0.717, 1.165) is 7.11 Å². The van der Waals surface area contributed by atoms with Crippen LogP contribution < -0.4 is 31.0 Å². The molecule has 0 saturated heterocycles. The number of nitrogens with two attached hydrogens (primary N) is 2. The van der Waals surface area contributed by atoms with E-state index in [-0.39, 0.29) is 28.2 Å². The van der Waals surface area contributed by atoms with Gasteiger partial charge in [-0.3, -0.25) is 0 Å². The molecule has 3 aromatic rings. The molecule has 0 unspecified atom stereocenters. The molecule has 0 radical (unpaired) electrons. The Labute approximate surface area is 174 Å². The molecule has 0 aliphatic rings. The molecule has 8 nitrogen and oxygen atoms in total. The molecule has 0 saturated carbocycles. The van der Waals surface area contributed by atoms with Crippen LogP contribution >= 0.6 is 0 Å². The zero-order chi connectivity index (χ0) is 29.8. The highest BCUT2D eigenvalue weighted by molar-refractivity contribution is 5.92. The second-order valence-corrected chi connectivity index (χ2v) is 5.21. The van der Waals surface area contributed by atoms with Gasteiger partial charge in [-0.05, 0) is 24.1 Å². The third-order valence-corrected chi connectivity index (χ3v) is 3.62. The van der Waals surface area contributed by atoms with Crippen LogP contribution in [0.1, 0.15) is 27.6 Å². The first-order valence-electron chi connectivity index (χ1n) is 13.4. The normalized spacial score (nSPS) is 18.6. The van der Waals surface area contributed by atoms with Crippen molar-refractivity contribution in [3.63, 3.8) is 0 Å². The van der Waals surface area contributed by atoms with E-state index in [1.165, 1.54) is 6.92 Å². The van der Waals surface area contributed by atoms with Crippen molar-refractivity contribution >= 4 is 28.4 Å². The summed E-state index contributed by atoms with van der Waals surface area (Å²) in [5.41, 5.74) is 10.3. The SMILES string of the molecule is [2H]c1c(NC([2H])([2H])c2c([2H])c([2H])c3nc(N)nc(N)c3c2C)c([2H])c(OC([2H])([2H])[2H])c(OC)c1OC([2H])([2H])[2H]. The Morgan fingerprint density at radius 2 is 1.85 bits per heavy atom. The van der Waals surface area contributed by atoms with Gasteiger partial charge < -0.3 is 31.0 Å². The van der Waals surface area contributed by atoms with Gasteiger partial charge in [0.2, 0.25) is 11.7 Å². The molecule has 0 amide bonds. The number of anilines is 3. The summed E-state index contributed by atoms with van der Waals surface area (Å²) in [6, 6.07) is -2.95. The molecule has 0 fully saturated rings. The molecule has 0 aliphatic heterocycles. The lowest BCUT2D eigenvalue weighted by Gasteiger charge is -2.16. The van der Waals surface area contributed by atoms with E-state index in [9.17, 15) is 0 Å². The van der Waals surface area contributed by atoms with Crippen molar-refractivity contribution in [2.24, 2.45) is 0 Å². The minimum Gasteiger partial charge on any atom is -0.493 e. The highest BCUT2D eigenvalue weighted by Crippen LogP contribution is 2.40. The molecule has 0 aliphatic carbocycles. The summed E-state index contributed by atoms with van der Waals surface area (Å²) in [6.45, 7) is -1.47. The summed E-state index contributed by atoms with van der Waals surface area (Å²) in [6.07, 6.45) is 0. The number of aromatic nitrogens is 2. The molecular formula is C19H23N5O3. The smallest absolute Gasteiger partial charge is 0.222 e. The largest absolute Gasteiger partial charge is 0.493 e. The van der Waals surface area contributed by atoms with Crippen molar-refractivity contribution in [2.75, 3.05) is 38.0 Å². The first-order valence-corrected chi connectivity index (χ1v) is 7.40. The molecule has 27 heavy (non-hydrogen) atoms. The molecule has 0 bridgehead atoms. The fourth-order valence-corrected chi connectivity index (χ4v) is 2.41. The predicted octanol–water partition coefficient (Wildman–Crippen LogP) is 2.74. The monoisotopic (exact) mass is 381 g/mol. The average Bonchev–Trinajstić information content (AvgIpc) is 2.76. The topological polar surface area (TPSA) is 118 Å². The Balaban J connectivity index is 2.33. The van der Waals surface area contributed by atoms with Crippen LogP contribution in [0.4, 0.5) is 17.5 Å². The number of fused-ring (bicyclic) bond motifs is 1. The highest BCUT2D eigenvalue weighted by atomic mass is 16.5. The van der Waals surface area contributed by atoms with Gasteiger partial charge in [0.1, 0.15) is 5.82 Å². The van der Waals surface area contributed by atoms with Gasteiger partial charge in [0.05, 0.1) is 43.2 Å². The number of benzene rings is 2. The molecule has 8 heteroatoms. The molecule has 142 valence electrons. The van der Waals surface area contributed by atoms with Crippen LogP contribution in [0.15, 0.2) is 24.2 Å². The minimum atomic E-state index is -3.16. The van der Waals surface area contributed by atoms with Gasteiger partial charge in [-0.1, -0.05) is 6.04 Å². The maximum Gasteiger partial charge on any atom is 0.222 e. The Morgan fingerprint density at radius 3 is 2.48 bits per heavy atom. The molecule has 2 aromatic carbocycles. The maximum absolute atomic E-state index is 8.71. The lowest BCUT2D eigenvalue weighted by molar-refractivity contribution is 0.324. The maximum atomic E-state index is 8.71. The van der Waals surface area contributed by atoms with Crippen molar-refractivity contribution in [1.29, 1.82) is 0 Å². The van der Waals surface area contributed by atoms with Crippen LogP contribution in [0.2, 0.25) is 0 Å². The number of nitrogens with zero attached hydrogens (tertiary/aromatic N) is 2. The standard InChI is InChI=1S/C19H23N5O3/c1-10-11(5-6-13-16(10)18(20)24-19(21)23-13)9-22-12-7-14(25-2)17(27-4)15(8-12)26-3/h5-8,22H,9H2,1-4H3,(H4,20,21,23,24)/i2D3,3D3,5D,6D,7D,8D,9D2. The summed E-state index contributed by atoms with van der Waals surface area (Å²) in [7, 11) is -5.33. The molecule has 3 rings (SSSR count). The number of rotatable bonds is 6. The molecular weight excluding hydrogens is 346 g/mol. The van der Waals surface area contributed by atoms with Gasteiger partial charge >= 0.3 is 0 Å². The van der Waals surface area contributed by atoms with E-state index in [4.69, 9.17) is 42.1 Å². The number of aryl methyl sites for hydroxylation is 1. The van der Waals surface area contributed by atoms with Crippen molar-refractivity contribution in [3.8, 4) is 17.2 Å². The van der Waals surface area contributed by atoms with Crippen molar-refractivity contribution < 1.29 is 30.7 Å². The van der Waals surface area contributed by atoms with Gasteiger partial charge in [-0.25, -0.2) is 4.98 Å². The fraction of sp³-hybridized carbons (Fsp3) is 0.263. The fourth-order valence-electron chi connectivity index (χ4n) is 2.41. The first kappa shape index (κ1) is 8.51. The average molecular weight is 381 g/mol. The van der Waals surface area contributed by atoms with Crippen LogP contribution in [0, 0.1) is 6.92 Å². The lowest BCUT2D eigenvalue weighted by atomic mass is 10.0. The van der Waals surface area contributed by atoms with Crippen molar-refractivity contribution in [2.45, 2.75) is 13.4 Å². The number of nitrogen functional groups attached to an aromatic ring is 2. The van der Waals surface area contributed by atoms with Crippen LogP contribution in [0.3, 0.4) is 0 Å². The quantitative estimate of drug-likeness (QED) is 0.596. The van der Waals surface area contributed by atoms with Crippen LogP contribution in [-0.4, -0.2) is 31.2 Å². The van der Waals surface area contributed by atoms with Gasteiger partial charge in [0.15, 0.2) is 11.5 Å². The molecule has 1 heterocycles.